The van der Waals surface area contributed by atoms with Crippen LogP contribution >= 0.6 is 0 Å². The Labute approximate surface area is 127 Å². The Morgan fingerprint density at radius 2 is 2.19 bits per heavy atom. The molecule has 21 heavy (non-hydrogen) atoms. The third-order valence-electron chi connectivity index (χ3n) is 4.45. The SMILES string of the molecule is COCC(N)C(=O)N1CCCCC1c1cccc(C)c1C. The number of ether oxygens (including phenoxy) is 1. The van der Waals surface area contributed by atoms with Crippen molar-refractivity contribution in [1.82, 2.24) is 4.90 Å². The molecule has 116 valence electrons. The molecular formula is C17H26N2O2. The maximum Gasteiger partial charge on any atom is 0.242 e. The highest BCUT2D eigenvalue weighted by molar-refractivity contribution is 5.82. The van der Waals surface area contributed by atoms with Gasteiger partial charge in [-0.2, -0.15) is 0 Å². The Morgan fingerprint density at radius 3 is 2.90 bits per heavy atom. The molecule has 1 aliphatic rings. The molecule has 0 aromatic heterocycles. The first-order chi connectivity index (χ1) is 10.1. The van der Waals surface area contributed by atoms with Crippen LogP contribution in [0.4, 0.5) is 0 Å². The van der Waals surface area contributed by atoms with E-state index in [4.69, 9.17) is 10.5 Å². The van der Waals surface area contributed by atoms with Crippen molar-refractivity contribution in [3.63, 3.8) is 0 Å². The predicted octanol–water partition coefficient (Wildman–Crippen LogP) is 2.33. The van der Waals surface area contributed by atoms with Gasteiger partial charge < -0.3 is 15.4 Å². The number of hydrogen-bond donors (Lipinski definition) is 1. The first-order valence-electron chi connectivity index (χ1n) is 7.67. The van der Waals surface area contributed by atoms with Crippen LogP contribution in [0.5, 0.6) is 0 Å². The number of carbonyl (C=O) groups excluding carboxylic acids is 1. The number of hydrogen-bond acceptors (Lipinski definition) is 3. The van der Waals surface area contributed by atoms with Gasteiger partial charge in [0.1, 0.15) is 6.04 Å². The zero-order valence-corrected chi connectivity index (χ0v) is 13.3. The molecule has 1 heterocycles. The molecule has 1 aliphatic heterocycles. The molecule has 0 bridgehead atoms. The number of amides is 1. The molecule has 0 aliphatic carbocycles. The lowest BCUT2D eigenvalue weighted by molar-refractivity contribution is -0.137. The standard InChI is InChI=1S/C17H26N2O2/c1-12-7-6-8-14(13(12)2)16-9-4-5-10-19(16)17(20)15(18)11-21-3/h6-8,15-16H,4-5,9-11,18H2,1-3H3. The molecule has 0 spiro atoms. The Hall–Kier alpha value is -1.39. The maximum absolute atomic E-state index is 12.6. The minimum Gasteiger partial charge on any atom is -0.383 e. The number of nitrogens with two attached hydrogens (primary N) is 1. The molecule has 2 unspecified atom stereocenters. The van der Waals surface area contributed by atoms with Gasteiger partial charge in [-0.15, -0.1) is 0 Å². The van der Waals surface area contributed by atoms with Crippen LogP contribution in [0.25, 0.3) is 0 Å². The third kappa shape index (κ3) is 3.44. The number of piperidine rings is 1. The highest BCUT2D eigenvalue weighted by Gasteiger charge is 2.31. The van der Waals surface area contributed by atoms with Crippen molar-refractivity contribution in [3.8, 4) is 0 Å². The van der Waals surface area contributed by atoms with Crippen LogP contribution < -0.4 is 5.73 Å². The van der Waals surface area contributed by atoms with E-state index in [1.54, 1.807) is 7.11 Å². The van der Waals surface area contributed by atoms with E-state index in [1.165, 1.54) is 16.7 Å². The van der Waals surface area contributed by atoms with Crippen molar-refractivity contribution in [2.45, 2.75) is 45.2 Å². The fraction of sp³-hybridized carbons (Fsp3) is 0.588. The molecule has 2 rings (SSSR count). The number of aryl methyl sites for hydroxylation is 1. The molecule has 0 radical (unpaired) electrons. The second-order valence-corrected chi connectivity index (χ2v) is 5.89. The zero-order valence-electron chi connectivity index (χ0n) is 13.3. The minimum absolute atomic E-state index is 0.00227. The van der Waals surface area contributed by atoms with Crippen LogP contribution in [-0.4, -0.2) is 37.1 Å². The average Bonchev–Trinajstić information content (AvgIpc) is 2.49. The van der Waals surface area contributed by atoms with Gasteiger partial charge in [-0.25, -0.2) is 0 Å². The Morgan fingerprint density at radius 1 is 1.43 bits per heavy atom. The zero-order chi connectivity index (χ0) is 15.4. The average molecular weight is 290 g/mol. The molecule has 4 nitrogen and oxygen atoms in total. The van der Waals surface area contributed by atoms with E-state index in [9.17, 15) is 4.79 Å². The van der Waals surface area contributed by atoms with Gasteiger partial charge in [0, 0.05) is 13.7 Å². The quantitative estimate of drug-likeness (QED) is 0.926. The lowest BCUT2D eigenvalue weighted by Gasteiger charge is -2.38. The molecule has 0 saturated carbocycles. The molecule has 2 atom stereocenters. The van der Waals surface area contributed by atoms with Crippen LogP contribution in [0.1, 0.15) is 42.0 Å². The summed E-state index contributed by atoms with van der Waals surface area (Å²) in [5.41, 5.74) is 9.76. The van der Waals surface area contributed by atoms with Crippen molar-refractivity contribution in [1.29, 1.82) is 0 Å². The largest absolute Gasteiger partial charge is 0.383 e. The van der Waals surface area contributed by atoms with Crippen LogP contribution in [0.15, 0.2) is 18.2 Å². The number of carbonyl (C=O) groups is 1. The highest BCUT2D eigenvalue weighted by Crippen LogP contribution is 2.33. The van der Waals surface area contributed by atoms with E-state index < -0.39 is 6.04 Å². The Bertz CT molecular complexity index is 502. The van der Waals surface area contributed by atoms with Crippen molar-refractivity contribution >= 4 is 5.91 Å². The number of likely N-dealkylation sites (tertiary alicyclic amines) is 1. The summed E-state index contributed by atoms with van der Waals surface area (Å²) in [6.45, 7) is 5.31. The second-order valence-electron chi connectivity index (χ2n) is 5.89. The van der Waals surface area contributed by atoms with E-state index in [-0.39, 0.29) is 18.6 Å². The van der Waals surface area contributed by atoms with Crippen molar-refractivity contribution in [3.05, 3.63) is 34.9 Å². The minimum atomic E-state index is -0.569. The summed E-state index contributed by atoms with van der Waals surface area (Å²) in [6.07, 6.45) is 3.21. The Kier molecular flexibility index (Phi) is 5.37. The van der Waals surface area contributed by atoms with Gasteiger partial charge in [-0.1, -0.05) is 18.2 Å². The fourth-order valence-corrected chi connectivity index (χ4v) is 3.12. The lowest BCUT2D eigenvalue weighted by Crippen LogP contribution is -2.49. The number of benzene rings is 1. The summed E-state index contributed by atoms with van der Waals surface area (Å²) in [4.78, 5) is 14.5. The molecule has 1 aromatic carbocycles. The maximum atomic E-state index is 12.6. The third-order valence-corrected chi connectivity index (χ3v) is 4.45. The fourth-order valence-electron chi connectivity index (χ4n) is 3.12. The molecule has 4 heteroatoms. The second kappa shape index (κ2) is 7.05. The number of rotatable bonds is 4. The number of methoxy groups -OCH3 is 1. The van der Waals surface area contributed by atoms with Crippen LogP contribution in [0.3, 0.4) is 0 Å². The normalized spacial score (nSPS) is 20.4. The molecular weight excluding hydrogens is 264 g/mol. The van der Waals surface area contributed by atoms with E-state index in [0.717, 1.165) is 25.8 Å². The van der Waals surface area contributed by atoms with Crippen LogP contribution in [-0.2, 0) is 9.53 Å². The van der Waals surface area contributed by atoms with Gasteiger partial charge in [-0.05, 0) is 49.8 Å². The first kappa shape index (κ1) is 16.0. The first-order valence-corrected chi connectivity index (χ1v) is 7.67. The molecule has 1 fully saturated rings. The van der Waals surface area contributed by atoms with Crippen molar-refractivity contribution in [2.24, 2.45) is 5.73 Å². The van der Waals surface area contributed by atoms with Crippen molar-refractivity contribution in [2.75, 3.05) is 20.3 Å². The predicted molar refractivity (Wildman–Crippen MR) is 84.1 cm³/mol. The molecule has 1 amide bonds. The highest BCUT2D eigenvalue weighted by atomic mass is 16.5. The van der Waals surface area contributed by atoms with Crippen LogP contribution in [0, 0.1) is 13.8 Å². The number of nitrogens with zero attached hydrogens (tertiary/aromatic N) is 1. The topological polar surface area (TPSA) is 55.6 Å². The summed E-state index contributed by atoms with van der Waals surface area (Å²) in [7, 11) is 1.57. The summed E-state index contributed by atoms with van der Waals surface area (Å²) in [6, 6.07) is 5.91. The van der Waals surface area contributed by atoms with Crippen LogP contribution in [0.2, 0.25) is 0 Å². The van der Waals surface area contributed by atoms with Gasteiger partial charge in [0.2, 0.25) is 5.91 Å². The summed E-state index contributed by atoms with van der Waals surface area (Å²) >= 11 is 0. The van der Waals surface area contributed by atoms with E-state index in [2.05, 4.69) is 32.0 Å². The molecule has 2 N–H and O–H groups in total. The van der Waals surface area contributed by atoms with Gasteiger partial charge >= 0.3 is 0 Å². The lowest BCUT2D eigenvalue weighted by atomic mass is 9.90. The Balaban J connectivity index is 2.27. The van der Waals surface area contributed by atoms with Crippen molar-refractivity contribution < 1.29 is 9.53 Å². The van der Waals surface area contributed by atoms with Gasteiger partial charge in [0.15, 0.2) is 0 Å². The van der Waals surface area contributed by atoms with Gasteiger partial charge in [0.25, 0.3) is 0 Å². The van der Waals surface area contributed by atoms with E-state index >= 15 is 0 Å². The van der Waals surface area contributed by atoms with Gasteiger partial charge in [0.05, 0.1) is 12.6 Å². The smallest absolute Gasteiger partial charge is 0.242 e. The van der Waals surface area contributed by atoms with E-state index in [1.807, 2.05) is 4.90 Å². The monoisotopic (exact) mass is 290 g/mol. The van der Waals surface area contributed by atoms with Gasteiger partial charge in [-0.3, -0.25) is 4.79 Å². The molecule has 1 saturated heterocycles. The molecule has 1 aromatic rings. The summed E-state index contributed by atoms with van der Waals surface area (Å²) in [5.74, 6) is 0.00227. The summed E-state index contributed by atoms with van der Waals surface area (Å²) in [5, 5.41) is 0. The summed E-state index contributed by atoms with van der Waals surface area (Å²) < 4.78 is 5.03. The van der Waals surface area contributed by atoms with E-state index in [0.29, 0.717) is 0 Å².